The first-order valence-electron chi connectivity index (χ1n) is 8.72. The topological polar surface area (TPSA) is 56.0 Å². The summed E-state index contributed by atoms with van der Waals surface area (Å²) in [6.45, 7) is 7.15. The van der Waals surface area contributed by atoms with Crippen LogP contribution in [0, 0.1) is 30.5 Å². The summed E-state index contributed by atoms with van der Waals surface area (Å²) in [5.41, 5.74) is 0.394. The van der Waals surface area contributed by atoms with Gasteiger partial charge in [0.15, 0.2) is 0 Å². The van der Waals surface area contributed by atoms with Crippen LogP contribution in [0.5, 0.6) is 0 Å². The maximum Gasteiger partial charge on any atom is 0.311 e. The van der Waals surface area contributed by atoms with Crippen LogP contribution in [-0.4, -0.2) is 29.2 Å². The Balaban J connectivity index is 2.08. The molecule has 136 valence electrons. The summed E-state index contributed by atoms with van der Waals surface area (Å²) in [6.07, 6.45) is 5.52. The third-order valence-electron chi connectivity index (χ3n) is 5.57. The first-order valence-corrected chi connectivity index (χ1v) is 9.10. The van der Waals surface area contributed by atoms with Crippen molar-refractivity contribution in [2.45, 2.75) is 45.6 Å². The third-order valence-corrected chi connectivity index (χ3v) is 5.78. The standard InChI is InChI=1S/C18H23ClFN3O2/c1-4-25-17(24)14-11-5-7-12(8-6-11)15(14)23-9-13(20)10(2)16(23)22-18(19)21-3/h9,11-12,14-15H,3-8H2,1-2H3/t11?,12?,14-,15?/m0/s1. The SMILES string of the molecule is C=NC(Cl)=Nc1c(C)c(F)cn1C1C2CCC(CC2)[C@@H]1C(=O)OCC. The van der Waals surface area contributed by atoms with Crippen LogP contribution >= 0.6 is 11.6 Å². The maximum atomic E-state index is 14.3. The second-order valence-corrected chi connectivity index (χ2v) is 7.15. The molecule has 3 aliphatic rings. The Hall–Kier alpha value is -1.69. The van der Waals surface area contributed by atoms with Crippen molar-refractivity contribution < 1.29 is 13.9 Å². The molecule has 1 unspecified atom stereocenters. The normalized spacial score (nSPS) is 28.9. The Bertz CT molecular complexity index is 707. The molecule has 3 aliphatic carbocycles. The summed E-state index contributed by atoms with van der Waals surface area (Å²) in [6, 6.07) is -0.164. The Kier molecular flexibility index (Phi) is 5.27. The second-order valence-electron chi connectivity index (χ2n) is 6.82. The number of aliphatic imine (C=N–C) groups is 2. The zero-order chi connectivity index (χ0) is 18.1. The third kappa shape index (κ3) is 3.24. The Labute approximate surface area is 151 Å². The number of ether oxygens (including phenoxy) is 1. The summed E-state index contributed by atoms with van der Waals surface area (Å²) >= 11 is 5.91. The van der Waals surface area contributed by atoms with Crippen LogP contribution in [0.1, 0.15) is 44.2 Å². The van der Waals surface area contributed by atoms with Crippen molar-refractivity contribution >= 4 is 35.4 Å². The fourth-order valence-corrected chi connectivity index (χ4v) is 4.54. The summed E-state index contributed by atoms with van der Waals surface area (Å²) in [7, 11) is 0. The molecule has 25 heavy (non-hydrogen) atoms. The number of carbonyl (C=O) groups excluding carboxylic acids is 1. The highest BCUT2D eigenvalue weighted by molar-refractivity contribution is 6.65. The molecule has 0 N–H and O–H groups in total. The van der Waals surface area contributed by atoms with Crippen molar-refractivity contribution in [3.8, 4) is 0 Å². The lowest BCUT2D eigenvalue weighted by molar-refractivity contribution is -0.157. The molecule has 1 heterocycles. The van der Waals surface area contributed by atoms with Crippen LogP contribution in [0.25, 0.3) is 0 Å². The van der Waals surface area contributed by atoms with E-state index < -0.39 is 0 Å². The molecule has 4 rings (SSSR count). The number of rotatable bonds is 4. The van der Waals surface area contributed by atoms with Gasteiger partial charge in [-0.15, -0.1) is 0 Å². The van der Waals surface area contributed by atoms with Gasteiger partial charge in [-0.2, -0.15) is 4.99 Å². The monoisotopic (exact) mass is 367 g/mol. The largest absolute Gasteiger partial charge is 0.466 e. The van der Waals surface area contributed by atoms with Crippen LogP contribution in [0.2, 0.25) is 0 Å². The highest BCUT2D eigenvalue weighted by atomic mass is 35.5. The average molecular weight is 368 g/mol. The molecule has 1 aromatic heterocycles. The minimum atomic E-state index is -0.365. The van der Waals surface area contributed by atoms with E-state index in [0.717, 1.165) is 25.7 Å². The van der Waals surface area contributed by atoms with Gasteiger partial charge in [-0.25, -0.2) is 9.38 Å². The van der Waals surface area contributed by atoms with Crippen LogP contribution in [0.15, 0.2) is 16.2 Å². The van der Waals surface area contributed by atoms with Gasteiger partial charge in [-0.05, 0) is 69.7 Å². The predicted molar refractivity (Wildman–Crippen MR) is 96.2 cm³/mol. The number of fused-ring (bicyclic) bond motifs is 3. The van der Waals surface area contributed by atoms with Gasteiger partial charge < -0.3 is 9.30 Å². The smallest absolute Gasteiger partial charge is 0.311 e. The van der Waals surface area contributed by atoms with Crippen LogP contribution in [0.4, 0.5) is 10.2 Å². The summed E-state index contributed by atoms with van der Waals surface area (Å²) in [5.74, 6) is 0.136. The number of hydrogen-bond donors (Lipinski definition) is 0. The molecule has 0 aliphatic heterocycles. The fourth-order valence-electron chi connectivity index (χ4n) is 4.46. The van der Waals surface area contributed by atoms with Gasteiger partial charge in [0.2, 0.25) is 5.29 Å². The molecule has 1 aromatic rings. The van der Waals surface area contributed by atoms with E-state index in [9.17, 15) is 9.18 Å². The molecular weight excluding hydrogens is 345 g/mol. The molecule has 2 bridgehead atoms. The lowest BCUT2D eigenvalue weighted by Crippen LogP contribution is -2.45. The lowest BCUT2D eigenvalue weighted by atomic mass is 9.61. The molecular formula is C18H23ClFN3O2. The number of esters is 1. The van der Waals surface area contributed by atoms with E-state index in [1.54, 1.807) is 18.4 Å². The van der Waals surface area contributed by atoms with Gasteiger partial charge in [-0.3, -0.25) is 4.79 Å². The molecule has 5 nitrogen and oxygen atoms in total. The van der Waals surface area contributed by atoms with Gasteiger partial charge in [0, 0.05) is 11.8 Å². The van der Waals surface area contributed by atoms with E-state index in [1.807, 2.05) is 0 Å². The first-order chi connectivity index (χ1) is 12.0. The number of carbonyl (C=O) groups is 1. The summed E-state index contributed by atoms with van der Waals surface area (Å²) < 4.78 is 21.4. The molecule has 0 saturated heterocycles. The van der Waals surface area contributed by atoms with E-state index in [4.69, 9.17) is 16.3 Å². The minimum Gasteiger partial charge on any atom is -0.466 e. The summed E-state index contributed by atoms with van der Waals surface area (Å²) in [4.78, 5) is 20.4. The predicted octanol–water partition coefficient (Wildman–Crippen LogP) is 4.40. The molecule has 0 radical (unpaired) electrons. The van der Waals surface area contributed by atoms with Crippen molar-refractivity contribution in [3.63, 3.8) is 0 Å². The molecule has 3 saturated carbocycles. The van der Waals surface area contributed by atoms with Crippen molar-refractivity contribution in [2.75, 3.05) is 6.61 Å². The molecule has 0 aromatic carbocycles. The Morgan fingerprint density at radius 2 is 2.04 bits per heavy atom. The van der Waals surface area contributed by atoms with Gasteiger partial charge in [0.1, 0.15) is 11.6 Å². The van der Waals surface area contributed by atoms with Crippen LogP contribution in [-0.2, 0) is 9.53 Å². The molecule has 3 fully saturated rings. The Morgan fingerprint density at radius 1 is 1.40 bits per heavy atom. The van der Waals surface area contributed by atoms with Crippen molar-refractivity contribution in [2.24, 2.45) is 27.7 Å². The van der Waals surface area contributed by atoms with E-state index in [2.05, 4.69) is 16.7 Å². The molecule has 2 atom stereocenters. The highest BCUT2D eigenvalue weighted by Gasteiger charge is 2.49. The zero-order valence-corrected chi connectivity index (χ0v) is 15.3. The van der Waals surface area contributed by atoms with Crippen molar-refractivity contribution in [1.29, 1.82) is 0 Å². The van der Waals surface area contributed by atoms with Gasteiger partial charge >= 0.3 is 5.97 Å². The maximum absolute atomic E-state index is 14.3. The number of halogens is 2. The molecule has 0 spiro atoms. The van der Waals surface area contributed by atoms with E-state index in [0.29, 0.717) is 23.9 Å². The summed E-state index contributed by atoms with van der Waals surface area (Å²) in [5, 5.41) is -0.0453. The van der Waals surface area contributed by atoms with Crippen LogP contribution < -0.4 is 0 Å². The average Bonchev–Trinajstić information content (AvgIpc) is 2.90. The highest BCUT2D eigenvalue weighted by Crippen LogP contribution is 2.53. The number of amidine groups is 1. The van der Waals surface area contributed by atoms with Gasteiger partial charge in [0.25, 0.3) is 0 Å². The first kappa shape index (κ1) is 18.1. The zero-order valence-electron chi connectivity index (χ0n) is 14.5. The quantitative estimate of drug-likeness (QED) is 0.342. The lowest BCUT2D eigenvalue weighted by Gasteiger charge is -2.48. The van der Waals surface area contributed by atoms with E-state index in [-0.39, 0.29) is 35.0 Å². The van der Waals surface area contributed by atoms with Crippen molar-refractivity contribution in [1.82, 2.24) is 4.57 Å². The van der Waals surface area contributed by atoms with Crippen molar-refractivity contribution in [3.05, 3.63) is 17.6 Å². The number of aromatic nitrogens is 1. The van der Waals surface area contributed by atoms with Crippen LogP contribution in [0.3, 0.4) is 0 Å². The van der Waals surface area contributed by atoms with E-state index >= 15 is 0 Å². The second kappa shape index (κ2) is 7.28. The molecule has 0 amide bonds. The fraction of sp³-hybridized carbons (Fsp3) is 0.611. The van der Waals surface area contributed by atoms with Gasteiger partial charge in [0.05, 0.1) is 18.6 Å². The number of hydrogen-bond acceptors (Lipinski definition) is 3. The molecule has 7 heteroatoms. The Morgan fingerprint density at radius 3 is 2.64 bits per heavy atom. The van der Waals surface area contributed by atoms with E-state index in [1.165, 1.54) is 6.20 Å². The minimum absolute atomic E-state index is 0.0453. The van der Waals surface area contributed by atoms with Gasteiger partial charge in [-0.1, -0.05) is 0 Å². The number of nitrogens with zero attached hydrogens (tertiary/aromatic N) is 3.